The summed E-state index contributed by atoms with van der Waals surface area (Å²) in [6.45, 7) is 6.05. The zero-order valence-corrected chi connectivity index (χ0v) is 18.4. The third-order valence-corrected chi connectivity index (χ3v) is 4.83. The van der Waals surface area contributed by atoms with E-state index in [0.717, 1.165) is 17.1 Å². The van der Waals surface area contributed by atoms with E-state index in [1.807, 2.05) is 24.3 Å². The summed E-state index contributed by atoms with van der Waals surface area (Å²) in [5.41, 5.74) is 3.14. The van der Waals surface area contributed by atoms with Crippen LogP contribution in [0.1, 0.15) is 44.0 Å². The Balaban J connectivity index is 1.73. The van der Waals surface area contributed by atoms with Crippen LogP contribution in [0.5, 0.6) is 0 Å². The number of hydrogen-bond acceptors (Lipinski definition) is 5. The number of rotatable bonds is 6. The molecular formula is C22H26ClN5O3. The van der Waals surface area contributed by atoms with E-state index in [9.17, 15) is 9.90 Å². The number of amides is 2. The standard InChI is InChI=1S/C22H26ClN5O3/c1-22(2,3)20-10-17(28(27-20)16-6-4-5-14(23)9-16)12-25-21(31)26-15-7-8-18(24-11-15)19(30)13-29/h4-11,19,29-30H,12-13H2,1-3H3,(H2,25,26,31). The van der Waals surface area contributed by atoms with Crippen LogP contribution in [0.2, 0.25) is 5.02 Å². The van der Waals surface area contributed by atoms with Crippen molar-refractivity contribution in [2.75, 3.05) is 11.9 Å². The van der Waals surface area contributed by atoms with E-state index in [4.69, 9.17) is 21.8 Å². The number of aromatic nitrogens is 3. The molecule has 1 unspecified atom stereocenters. The van der Waals surface area contributed by atoms with Crippen LogP contribution in [0.25, 0.3) is 5.69 Å². The lowest BCUT2D eigenvalue weighted by atomic mass is 9.92. The Morgan fingerprint density at radius 1 is 1.23 bits per heavy atom. The highest BCUT2D eigenvalue weighted by Crippen LogP contribution is 2.24. The summed E-state index contributed by atoms with van der Waals surface area (Å²) in [4.78, 5) is 16.4. The summed E-state index contributed by atoms with van der Waals surface area (Å²) >= 11 is 6.15. The molecule has 9 heteroatoms. The van der Waals surface area contributed by atoms with Gasteiger partial charge in [-0.25, -0.2) is 9.48 Å². The number of nitrogens with one attached hydrogen (secondary N) is 2. The first-order chi connectivity index (χ1) is 14.7. The maximum atomic E-state index is 12.4. The third kappa shape index (κ3) is 5.81. The summed E-state index contributed by atoms with van der Waals surface area (Å²) < 4.78 is 1.78. The largest absolute Gasteiger partial charge is 0.393 e. The fourth-order valence-corrected chi connectivity index (χ4v) is 3.04. The molecule has 164 valence electrons. The molecule has 2 aromatic heterocycles. The van der Waals surface area contributed by atoms with Gasteiger partial charge in [-0.1, -0.05) is 38.4 Å². The fourth-order valence-electron chi connectivity index (χ4n) is 2.86. The second kappa shape index (κ2) is 9.47. The van der Waals surface area contributed by atoms with Gasteiger partial charge in [0.25, 0.3) is 0 Å². The predicted octanol–water partition coefficient (Wildman–Crippen LogP) is 3.57. The zero-order chi connectivity index (χ0) is 22.6. The summed E-state index contributed by atoms with van der Waals surface area (Å²) in [6.07, 6.45) is 0.369. The van der Waals surface area contributed by atoms with Crippen LogP contribution in [0, 0.1) is 0 Å². The topological polar surface area (TPSA) is 112 Å². The molecule has 2 amide bonds. The van der Waals surface area contributed by atoms with Crippen LogP contribution in [-0.2, 0) is 12.0 Å². The molecule has 0 radical (unpaired) electrons. The quantitative estimate of drug-likeness (QED) is 0.465. The lowest BCUT2D eigenvalue weighted by Crippen LogP contribution is -2.29. The minimum absolute atomic E-state index is 0.159. The minimum atomic E-state index is -1.05. The smallest absolute Gasteiger partial charge is 0.319 e. The normalized spacial score (nSPS) is 12.5. The molecule has 0 saturated carbocycles. The van der Waals surface area contributed by atoms with E-state index >= 15 is 0 Å². The van der Waals surface area contributed by atoms with Crippen molar-refractivity contribution < 1.29 is 15.0 Å². The Morgan fingerprint density at radius 2 is 2.00 bits per heavy atom. The van der Waals surface area contributed by atoms with E-state index < -0.39 is 18.7 Å². The Hall–Kier alpha value is -2.94. The molecule has 8 nitrogen and oxygen atoms in total. The molecule has 0 bridgehead atoms. The van der Waals surface area contributed by atoms with Gasteiger partial charge >= 0.3 is 6.03 Å². The molecule has 0 fully saturated rings. The second-order valence-corrected chi connectivity index (χ2v) is 8.58. The number of carbonyl (C=O) groups excluding carboxylic acids is 1. The Morgan fingerprint density at radius 3 is 2.61 bits per heavy atom. The number of anilines is 1. The maximum Gasteiger partial charge on any atom is 0.319 e. The highest BCUT2D eigenvalue weighted by molar-refractivity contribution is 6.30. The van der Waals surface area contributed by atoms with Gasteiger partial charge in [0.2, 0.25) is 0 Å². The first kappa shape index (κ1) is 22.7. The Labute approximate surface area is 185 Å². The number of aliphatic hydroxyl groups is 2. The van der Waals surface area contributed by atoms with Crippen LogP contribution < -0.4 is 10.6 Å². The zero-order valence-electron chi connectivity index (χ0n) is 17.6. The molecule has 0 spiro atoms. The number of nitrogens with zero attached hydrogens (tertiary/aromatic N) is 3. The lowest BCUT2D eigenvalue weighted by Gasteiger charge is -2.14. The number of aliphatic hydroxyl groups excluding tert-OH is 2. The molecule has 1 aromatic carbocycles. The lowest BCUT2D eigenvalue weighted by molar-refractivity contribution is 0.0923. The Kier molecular flexibility index (Phi) is 6.94. The van der Waals surface area contributed by atoms with Gasteiger partial charge < -0.3 is 20.8 Å². The van der Waals surface area contributed by atoms with Crippen LogP contribution >= 0.6 is 11.6 Å². The van der Waals surface area contributed by atoms with E-state index in [-0.39, 0.29) is 12.0 Å². The molecule has 0 aliphatic rings. The third-order valence-electron chi connectivity index (χ3n) is 4.59. The van der Waals surface area contributed by atoms with Crippen LogP contribution in [0.4, 0.5) is 10.5 Å². The molecular weight excluding hydrogens is 418 g/mol. The summed E-state index contributed by atoms with van der Waals surface area (Å²) in [6, 6.07) is 12.1. The van der Waals surface area contributed by atoms with Crippen molar-refractivity contribution in [3.63, 3.8) is 0 Å². The van der Waals surface area contributed by atoms with Crippen molar-refractivity contribution >= 4 is 23.3 Å². The van der Waals surface area contributed by atoms with Gasteiger partial charge in [-0.2, -0.15) is 5.10 Å². The van der Waals surface area contributed by atoms with Gasteiger partial charge in [0.1, 0.15) is 6.10 Å². The molecule has 4 N–H and O–H groups in total. The van der Waals surface area contributed by atoms with Crippen molar-refractivity contribution in [3.05, 3.63) is 70.8 Å². The molecule has 0 aliphatic heterocycles. The SMILES string of the molecule is CC(C)(C)c1cc(CNC(=O)Nc2ccc(C(O)CO)nc2)n(-c2cccc(Cl)c2)n1. The summed E-state index contributed by atoms with van der Waals surface area (Å²) in [5.74, 6) is 0. The highest BCUT2D eigenvalue weighted by Gasteiger charge is 2.21. The van der Waals surface area contributed by atoms with Crippen molar-refractivity contribution in [3.8, 4) is 5.69 Å². The molecule has 0 aliphatic carbocycles. The van der Waals surface area contributed by atoms with E-state index in [0.29, 0.717) is 16.4 Å². The average molecular weight is 444 g/mol. The number of hydrogen-bond donors (Lipinski definition) is 4. The Bertz CT molecular complexity index is 1040. The molecule has 1 atom stereocenters. The molecule has 2 heterocycles. The van der Waals surface area contributed by atoms with Crippen molar-refractivity contribution in [1.82, 2.24) is 20.1 Å². The molecule has 3 aromatic rings. The highest BCUT2D eigenvalue weighted by atomic mass is 35.5. The number of halogens is 1. The summed E-state index contributed by atoms with van der Waals surface area (Å²) in [5, 5.41) is 29.4. The first-order valence-corrected chi connectivity index (χ1v) is 10.2. The molecule has 3 rings (SSSR count). The van der Waals surface area contributed by atoms with Crippen molar-refractivity contribution in [1.29, 1.82) is 0 Å². The number of urea groups is 1. The van der Waals surface area contributed by atoms with E-state index in [1.165, 1.54) is 6.20 Å². The monoisotopic (exact) mass is 443 g/mol. The van der Waals surface area contributed by atoms with Crippen LogP contribution in [-0.4, -0.2) is 37.6 Å². The van der Waals surface area contributed by atoms with Crippen LogP contribution in [0.15, 0.2) is 48.7 Å². The van der Waals surface area contributed by atoms with Gasteiger partial charge in [0.15, 0.2) is 0 Å². The predicted molar refractivity (Wildman–Crippen MR) is 119 cm³/mol. The van der Waals surface area contributed by atoms with E-state index in [2.05, 4.69) is 36.4 Å². The van der Waals surface area contributed by atoms with Gasteiger partial charge in [-0.3, -0.25) is 4.98 Å². The van der Waals surface area contributed by atoms with Gasteiger partial charge in [0, 0.05) is 10.4 Å². The van der Waals surface area contributed by atoms with Crippen molar-refractivity contribution in [2.24, 2.45) is 0 Å². The van der Waals surface area contributed by atoms with E-state index in [1.54, 1.807) is 22.9 Å². The number of pyridine rings is 1. The summed E-state index contributed by atoms with van der Waals surface area (Å²) in [7, 11) is 0. The molecule has 0 saturated heterocycles. The fraction of sp³-hybridized carbons (Fsp3) is 0.318. The van der Waals surface area contributed by atoms with Gasteiger partial charge in [-0.05, 0) is 36.4 Å². The average Bonchev–Trinajstić information content (AvgIpc) is 3.17. The van der Waals surface area contributed by atoms with Crippen LogP contribution in [0.3, 0.4) is 0 Å². The minimum Gasteiger partial charge on any atom is -0.393 e. The van der Waals surface area contributed by atoms with Crippen molar-refractivity contribution in [2.45, 2.75) is 38.8 Å². The second-order valence-electron chi connectivity index (χ2n) is 8.14. The number of benzene rings is 1. The van der Waals surface area contributed by atoms with Gasteiger partial charge in [-0.15, -0.1) is 0 Å². The molecule has 31 heavy (non-hydrogen) atoms. The maximum absolute atomic E-state index is 12.4. The first-order valence-electron chi connectivity index (χ1n) is 9.82. The number of carbonyl (C=O) groups is 1. The van der Waals surface area contributed by atoms with Gasteiger partial charge in [0.05, 0.1) is 47.8 Å².